The van der Waals surface area contributed by atoms with E-state index in [1.165, 1.54) is 0 Å². The summed E-state index contributed by atoms with van der Waals surface area (Å²) in [7, 11) is 0. The first-order valence-electron chi connectivity index (χ1n) is 4.26. The predicted molar refractivity (Wildman–Crippen MR) is 64.5 cm³/mol. The number of carbonyl (C=O) groups is 2. The smallest absolute Gasteiger partial charge is 0.328 e. The summed E-state index contributed by atoms with van der Waals surface area (Å²) >= 11 is 8.74. The zero-order chi connectivity index (χ0) is 13.0. The molecule has 4 nitrogen and oxygen atoms in total. The van der Waals surface area contributed by atoms with Crippen LogP contribution in [0.25, 0.3) is 0 Å². The quantitative estimate of drug-likeness (QED) is 0.841. The van der Waals surface area contributed by atoms with Crippen LogP contribution in [0.1, 0.15) is 0 Å². The largest absolute Gasteiger partial charge is 0.478 e. The molecule has 7 heteroatoms. The summed E-state index contributed by atoms with van der Waals surface area (Å²) in [5.74, 6) is -2.48. The Labute approximate surface area is 109 Å². The first-order chi connectivity index (χ1) is 7.90. The molecular weight excluding hydrogens is 316 g/mol. The fourth-order valence-electron chi connectivity index (χ4n) is 0.973. The van der Waals surface area contributed by atoms with Crippen LogP contribution in [0.4, 0.5) is 10.1 Å². The SMILES string of the molecule is O=C(O)/C=C/C(=O)Nc1c(Cl)cc(F)cc1Br. The van der Waals surface area contributed by atoms with Crippen molar-refractivity contribution in [3.63, 3.8) is 0 Å². The first-order valence-corrected chi connectivity index (χ1v) is 5.44. The molecule has 0 atom stereocenters. The summed E-state index contributed by atoms with van der Waals surface area (Å²) in [5.41, 5.74) is 0.174. The van der Waals surface area contributed by atoms with Gasteiger partial charge in [0.15, 0.2) is 0 Å². The van der Waals surface area contributed by atoms with Crippen LogP contribution in [-0.4, -0.2) is 17.0 Å². The highest BCUT2D eigenvalue weighted by atomic mass is 79.9. The maximum absolute atomic E-state index is 12.9. The van der Waals surface area contributed by atoms with E-state index in [0.29, 0.717) is 6.08 Å². The number of carboxylic acids is 1. The van der Waals surface area contributed by atoms with Crippen molar-refractivity contribution >= 4 is 45.1 Å². The normalized spacial score (nSPS) is 10.5. The third-order valence-corrected chi connectivity index (χ3v) is 2.56. The van der Waals surface area contributed by atoms with Gasteiger partial charge in [-0.3, -0.25) is 4.79 Å². The molecule has 0 aliphatic heterocycles. The molecule has 0 aliphatic rings. The van der Waals surface area contributed by atoms with E-state index >= 15 is 0 Å². The summed E-state index contributed by atoms with van der Waals surface area (Å²) in [5, 5.41) is 10.7. The fourth-order valence-corrected chi connectivity index (χ4v) is 1.87. The molecule has 0 saturated heterocycles. The molecular formula is C10H6BrClFNO3. The average Bonchev–Trinajstić information content (AvgIpc) is 2.20. The van der Waals surface area contributed by atoms with E-state index < -0.39 is 17.7 Å². The first kappa shape index (κ1) is 13.7. The molecule has 17 heavy (non-hydrogen) atoms. The number of hydrogen-bond acceptors (Lipinski definition) is 2. The van der Waals surface area contributed by atoms with Gasteiger partial charge in [-0.05, 0) is 28.1 Å². The van der Waals surface area contributed by atoms with Crippen LogP contribution in [0.2, 0.25) is 5.02 Å². The highest BCUT2D eigenvalue weighted by Gasteiger charge is 2.10. The lowest BCUT2D eigenvalue weighted by atomic mass is 10.3. The number of aliphatic carboxylic acids is 1. The van der Waals surface area contributed by atoms with Gasteiger partial charge in [0.25, 0.3) is 0 Å². The van der Waals surface area contributed by atoms with Crippen molar-refractivity contribution in [1.29, 1.82) is 0 Å². The van der Waals surface area contributed by atoms with Crippen molar-refractivity contribution in [2.24, 2.45) is 0 Å². The molecule has 0 aliphatic carbocycles. The highest BCUT2D eigenvalue weighted by molar-refractivity contribution is 9.10. The minimum absolute atomic E-state index is 0.00829. The molecule has 0 saturated carbocycles. The number of amides is 1. The van der Waals surface area contributed by atoms with Gasteiger partial charge < -0.3 is 10.4 Å². The molecule has 0 radical (unpaired) electrons. The van der Waals surface area contributed by atoms with Gasteiger partial charge in [0, 0.05) is 16.6 Å². The van der Waals surface area contributed by atoms with Gasteiger partial charge in [0.05, 0.1) is 10.7 Å². The summed E-state index contributed by atoms with van der Waals surface area (Å²) in [6, 6.07) is 2.16. The van der Waals surface area contributed by atoms with Crippen LogP contribution in [-0.2, 0) is 9.59 Å². The van der Waals surface area contributed by atoms with Crippen molar-refractivity contribution in [1.82, 2.24) is 0 Å². The molecule has 0 unspecified atom stereocenters. The minimum Gasteiger partial charge on any atom is -0.478 e. The summed E-state index contributed by atoms with van der Waals surface area (Å²) in [4.78, 5) is 21.5. The van der Waals surface area contributed by atoms with Gasteiger partial charge in [-0.2, -0.15) is 0 Å². The summed E-state index contributed by atoms with van der Waals surface area (Å²) in [6.07, 6.45) is 1.51. The Bertz CT molecular complexity index is 481. The highest BCUT2D eigenvalue weighted by Crippen LogP contribution is 2.31. The van der Waals surface area contributed by atoms with Gasteiger partial charge in [-0.15, -0.1) is 0 Å². The lowest BCUT2D eigenvalue weighted by Crippen LogP contribution is -2.09. The molecule has 0 fully saturated rings. The predicted octanol–water partition coefficient (Wildman–Crippen LogP) is 2.82. The lowest BCUT2D eigenvalue weighted by molar-refractivity contribution is -0.131. The molecule has 1 rings (SSSR count). The zero-order valence-corrected chi connectivity index (χ0v) is 10.5. The Morgan fingerprint density at radius 3 is 2.59 bits per heavy atom. The third kappa shape index (κ3) is 4.16. The van der Waals surface area contributed by atoms with Crippen LogP contribution >= 0.6 is 27.5 Å². The molecule has 0 aromatic heterocycles. The molecule has 1 amide bonds. The van der Waals surface area contributed by atoms with E-state index in [9.17, 15) is 14.0 Å². The van der Waals surface area contributed by atoms with Crippen LogP contribution in [0.3, 0.4) is 0 Å². The molecule has 2 N–H and O–H groups in total. The molecule has 90 valence electrons. The van der Waals surface area contributed by atoms with Crippen molar-refractivity contribution in [3.8, 4) is 0 Å². The molecule has 0 bridgehead atoms. The van der Waals surface area contributed by atoms with E-state index in [0.717, 1.165) is 18.2 Å². The van der Waals surface area contributed by atoms with Gasteiger partial charge in [-0.1, -0.05) is 11.6 Å². The lowest BCUT2D eigenvalue weighted by Gasteiger charge is -2.07. The second-order valence-corrected chi connectivity index (χ2v) is 4.17. The van der Waals surface area contributed by atoms with Gasteiger partial charge in [0.2, 0.25) is 5.91 Å². The minimum atomic E-state index is -1.25. The number of halogens is 3. The van der Waals surface area contributed by atoms with Crippen molar-refractivity contribution in [2.45, 2.75) is 0 Å². The Kier molecular flexibility index (Phi) is 4.65. The molecule has 1 aromatic rings. The second kappa shape index (κ2) is 5.79. The maximum atomic E-state index is 12.9. The maximum Gasteiger partial charge on any atom is 0.328 e. The number of benzene rings is 1. The fraction of sp³-hybridized carbons (Fsp3) is 0. The number of rotatable bonds is 3. The standard InChI is InChI=1S/C10H6BrClFNO3/c11-6-3-5(13)4-7(12)10(6)14-8(15)1-2-9(16)17/h1-4H,(H,14,15)(H,16,17)/b2-1+. The van der Waals surface area contributed by atoms with Gasteiger partial charge in [0.1, 0.15) is 5.82 Å². The van der Waals surface area contributed by atoms with E-state index in [4.69, 9.17) is 16.7 Å². The van der Waals surface area contributed by atoms with Crippen LogP contribution in [0.5, 0.6) is 0 Å². The summed E-state index contributed by atoms with van der Waals surface area (Å²) in [6.45, 7) is 0. The van der Waals surface area contributed by atoms with Crippen LogP contribution < -0.4 is 5.32 Å². The molecule has 0 spiro atoms. The third-order valence-electron chi connectivity index (χ3n) is 1.63. The van der Waals surface area contributed by atoms with Crippen molar-refractivity contribution < 1.29 is 19.1 Å². The Morgan fingerprint density at radius 2 is 2.06 bits per heavy atom. The van der Waals surface area contributed by atoms with E-state index in [2.05, 4.69) is 21.2 Å². The Balaban J connectivity index is 2.89. The number of hydrogen-bond donors (Lipinski definition) is 2. The monoisotopic (exact) mass is 321 g/mol. The topological polar surface area (TPSA) is 66.4 Å². The van der Waals surface area contributed by atoms with Crippen LogP contribution in [0, 0.1) is 5.82 Å². The summed E-state index contributed by atoms with van der Waals surface area (Å²) < 4.78 is 13.1. The van der Waals surface area contributed by atoms with Gasteiger partial charge >= 0.3 is 5.97 Å². The van der Waals surface area contributed by atoms with E-state index in [-0.39, 0.29) is 15.2 Å². The molecule has 1 aromatic carbocycles. The number of carboxylic acid groups (broad SMARTS) is 1. The Hall–Kier alpha value is -1.40. The molecule has 0 heterocycles. The van der Waals surface area contributed by atoms with Crippen molar-refractivity contribution in [3.05, 3.63) is 39.6 Å². The zero-order valence-electron chi connectivity index (χ0n) is 8.21. The second-order valence-electron chi connectivity index (χ2n) is 2.91. The number of carbonyl (C=O) groups excluding carboxylic acids is 1. The van der Waals surface area contributed by atoms with Gasteiger partial charge in [-0.25, -0.2) is 9.18 Å². The van der Waals surface area contributed by atoms with Crippen LogP contribution in [0.15, 0.2) is 28.8 Å². The number of nitrogens with one attached hydrogen (secondary N) is 1. The average molecular weight is 323 g/mol. The van der Waals surface area contributed by atoms with E-state index in [1.807, 2.05) is 0 Å². The Morgan fingerprint density at radius 1 is 1.41 bits per heavy atom. The number of anilines is 1. The van der Waals surface area contributed by atoms with E-state index in [1.54, 1.807) is 0 Å². The van der Waals surface area contributed by atoms with Crippen molar-refractivity contribution in [2.75, 3.05) is 5.32 Å².